The first-order valence-corrected chi connectivity index (χ1v) is 19.8. The zero-order valence-corrected chi connectivity index (χ0v) is 34.2. The average Bonchev–Trinajstić information content (AvgIpc) is 3.79. The van der Waals surface area contributed by atoms with Crippen molar-refractivity contribution in [3.63, 3.8) is 0 Å². The molecule has 2 N–H and O–H groups in total. The third kappa shape index (κ3) is 8.81. The highest BCUT2D eigenvalue weighted by molar-refractivity contribution is 6.39. The monoisotopic (exact) mass is 815 g/mol. The summed E-state index contributed by atoms with van der Waals surface area (Å²) < 4.78 is 14.6. The number of aliphatic hydroxyl groups excluding tert-OH is 1. The van der Waals surface area contributed by atoms with Gasteiger partial charge in [-0.1, -0.05) is 59.6 Å². The fraction of sp³-hybridized carbons (Fsp3) is 0.405. The van der Waals surface area contributed by atoms with Crippen LogP contribution in [0.4, 0.5) is 4.79 Å². The molecule has 57 heavy (non-hydrogen) atoms. The van der Waals surface area contributed by atoms with Crippen LogP contribution in [0.1, 0.15) is 57.8 Å². The Morgan fingerprint density at radius 2 is 1.65 bits per heavy atom. The number of fused-ring (bicyclic) bond motifs is 1. The smallest absolute Gasteiger partial charge is 0.410 e. The predicted molar refractivity (Wildman–Crippen MR) is 219 cm³/mol. The Hall–Kier alpha value is -4.95. The zero-order chi connectivity index (χ0) is 40.6. The number of ether oxygens (including phenoxy) is 2. The molecule has 15 heteroatoms. The third-order valence-electron chi connectivity index (χ3n) is 10.4. The number of benzene rings is 2. The second-order valence-corrected chi connectivity index (χ2v) is 16.5. The summed E-state index contributed by atoms with van der Waals surface area (Å²) in [5, 5.41) is 18.5. The van der Waals surface area contributed by atoms with E-state index >= 15 is 0 Å². The van der Waals surface area contributed by atoms with E-state index in [4.69, 9.17) is 42.8 Å². The number of hydrogen-bond acceptors (Lipinski definition) is 9. The lowest BCUT2D eigenvalue weighted by Crippen LogP contribution is -2.43. The van der Waals surface area contributed by atoms with E-state index in [1.807, 2.05) is 75.5 Å². The van der Waals surface area contributed by atoms with Gasteiger partial charge in [0, 0.05) is 78.7 Å². The number of amides is 2. The molecule has 2 amide bonds. The van der Waals surface area contributed by atoms with Gasteiger partial charge in [-0.05, 0) is 58.2 Å². The second-order valence-electron chi connectivity index (χ2n) is 15.7. The minimum atomic E-state index is -0.708. The summed E-state index contributed by atoms with van der Waals surface area (Å²) in [6.07, 6.45) is 3.46. The van der Waals surface area contributed by atoms with Crippen molar-refractivity contribution in [2.75, 3.05) is 26.7 Å². The molecule has 13 nitrogen and oxygen atoms in total. The molecule has 5 aromatic rings. The summed E-state index contributed by atoms with van der Waals surface area (Å²) in [7, 11) is 3.25. The summed E-state index contributed by atoms with van der Waals surface area (Å²) in [5.74, 6) is 0.909. The number of nitrogens with one attached hydrogen (secondary N) is 1. The van der Waals surface area contributed by atoms with Crippen LogP contribution < -0.4 is 15.6 Å². The highest BCUT2D eigenvalue weighted by atomic mass is 35.5. The fourth-order valence-electron chi connectivity index (χ4n) is 7.37. The summed E-state index contributed by atoms with van der Waals surface area (Å²) in [6, 6.07) is 16.6. The van der Waals surface area contributed by atoms with Crippen molar-refractivity contribution in [3.8, 4) is 39.4 Å². The number of methoxy groups -OCH3 is 1. The molecule has 0 aliphatic carbocycles. The van der Waals surface area contributed by atoms with E-state index in [1.165, 1.54) is 7.11 Å². The molecule has 2 fully saturated rings. The van der Waals surface area contributed by atoms with Crippen molar-refractivity contribution >= 4 is 40.7 Å². The van der Waals surface area contributed by atoms with Crippen molar-refractivity contribution < 1.29 is 24.2 Å². The Labute approximate surface area is 341 Å². The number of aliphatic hydroxyl groups is 1. The second kappa shape index (κ2) is 16.5. The van der Waals surface area contributed by atoms with Crippen LogP contribution in [0.15, 0.2) is 65.6 Å². The highest BCUT2D eigenvalue weighted by Crippen LogP contribution is 2.42. The van der Waals surface area contributed by atoms with E-state index in [-0.39, 0.29) is 36.7 Å². The van der Waals surface area contributed by atoms with Gasteiger partial charge < -0.3 is 24.8 Å². The minimum Gasteiger partial charge on any atom is -0.481 e. The Morgan fingerprint density at radius 1 is 0.982 bits per heavy atom. The molecule has 5 heterocycles. The molecule has 2 aliphatic rings. The first kappa shape index (κ1) is 40.3. The van der Waals surface area contributed by atoms with Crippen LogP contribution >= 0.6 is 23.2 Å². The maximum Gasteiger partial charge on any atom is 0.410 e. The molecule has 2 aromatic carbocycles. The van der Waals surface area contributed by atoms with Gasteiger partial charge in [0.2, 0.25) is 11.8 Å². The normalized spacial score (nSPS) is 16.6. The van der Waals surface area contributed by atoms with Gasteiger partial charge >= 0.3 is 6.09 Å². The quantitative estimate of drug-likeness (QED) is 0.157. The van der Waals surface area contributed by atoms with Gasteiger partial charge in [0.05, 0.1) is 42.0 Å². The molecular weight excluding hydrogens is 769 g/mol. The molecule has 0 radical (unpaired) electrons. The van der Waals surface area contributed by atoms with Crippen LogP contribution in [-0.2, 0) is 29.7 Å². The standard InChI is InChI=1S/C42H47Cl2N7O6/c1-42(2,3)57-41(55)50(23-27-13-15-36(53)45-27)21-25-12-14-33(46-39(25)56-5)32-11-7-10-31(38(32)44)30-9-6-8-29(37(30)43)26-20-34-40(54)48(4)35(47-51(34)22-26)24-49-18-16-28(52)17-19-49/h6-12,14,20,22,27-28,52H,13,15-19,21,23-24H2,1-5H3,(H,45,53)/t27-/m0/s1. The number of piperidine rings is 1. The molecule has 1 atom stereocenters. The highest BCUT2D eigenvalue weighted by Gasteiger charge is 2.30. The molecule has 0 bridgehead atoms. The Morgan fingerprint density at radius 3 is 2.30 bits per heavy atom. The van der Waals surface area contributed by atoms with Crippen molar-refractivity contribution in [2.24, 2.45) is 7.05 Å². The number of rotatable bonds is 10. The zero-order valence-electron chi connectivity index (χ0n) is 32.7. The maximum atomic E-state index is 13.5. The molecule has 0 saturated carbocycles. The minimum absolute atomic E-state index is 0.0383. The number of likely N-dealkylation sites (tertiary alicyclic amines) is 1. The van der Waals surface area contributed by atoms with Gasteiger partial charge in [-0.25, -0.2) is 14.3 Å². The van der Waals surface area contributed by atoms with E-state index in [0.717, 1.165) is 18.7 Å². The molecule has 2 saturated heterocycles. The number of nitrogens with zero attached hydrogens (tertiary/aromatic N) is 6. The Balaban J connectivity index is 1.17. The third-order valence-corrected chi connectivity index (χ3v) is 11.2. The summed E-state index contributed by atoms with van der Waals surface area (Å²) in [6.45, 7) is 7.83. The molecule has 0 unspecified atom stereocenters. The topological polar surface area (TPSA) is 144 Å². The van der Waals surface area contributed by atoms with Gasteiger partial charge in [-0.15, -0.1) is 0 Å². The van der Waals surface area contributed by atoms with Crippen LogP contribution in [0.3, 0.4) is 0 Å². The molecule has 7 rings (SSSR count). The van der Waals surface area contributed by atoms with E-state index in [2.05, 4.69) is 10.2 Å². The molecule has 3 aromatic heterocycles. The van der Waals surface area contributed by atoms with Gasteiger partial charge in [-0.3, -0.25) is 19.1 Å². The van der Waals surface area contributed by atoms with Crippen molar-refractivity contribution in [1.82, 2.24) is 34.3 Å². The largest absolute Gasteiger partial charge is 0.481 e. The number of hydrogen-bond donors (Lipinski definition) is 2. The van der Waals surface area contributed by atoms with E-state index in [1.54, 1.807) is 27.1 Å². The SMILES string of the molecule is COc1nc(-c2cccc(-c3cccc(-c4cc5c(=O)n(C)c(CN6CCC(O)CC6)nn5c4)c3Cl)c2Cl)ccc1CN(C[C@@H]1CCC(=O)N1)C(=O)OC(C)(C)C. The number of carbonyl (C=O) groups excluding carboxylic acids is 2. The molecular formula is C42H47Cl2N7O6. The van der Waals surface area contributed by atoms with Crippen LogP contribution in [-0.4, -0.2) is 90.6 Å². The lowest BCUT2D eigenvalue weighted by Gasteiger charge is -2.29. The van der Waals surface area contributed by atoms with Crippen LogP contribution in [0.5, 0.6) is 5.88 Å². The number of aromatic nitrogens is 4. The summed E-state index contributed by atoms with van der Waals surface area (Å²) in [5.41, 5.74) is 4.24. The first-order chi connectivity index (χ1) is 27.2. The molecule has 0 spiro atoms. The van der Waals surface area contributed by atoms with Crippen LogP contribution in [0.25, 0.3) is 39.0 Å². The average molecular weight is 817 g/mol. The maximum absolute atomic E-state index is 13.5. The van der Waals surface area contributed by atoms with E-state index < -0.39 is 11.7 Å². The van der Waals surface area contributed by atoms with Gasteiger partial charge in [0.1, 0.15) is 16.9 Å². The fourth-order valence-corrected chi connectivity index (χ4v) is 8.03. The van der Waals surface area contributed by atoms with Gasteiger partial charge in [-0.2, -0.15) is 5.10 Å². The van der Waals surface area contributed by atoms with Gasteiger partial charge in [0.15, 0.2) is 0 Å². The number of carbonyl (C=O) groups is 2. The van der Waals surface area contributed by atoms with Crippen LogP contribution in [0, 0.1) is 0 Å². The lowest BCUT2D eigenvalue weighted by molar-refractivity contribution is -0.119. The predicted octanol–water partition coefficient (Wildman–Crippen LogP) is 6.72. The van der Waals surface area contributed by atoms with Crippen LogP contribution in [0.2, 0.25) is 10.0 Å². The number of halogens is 2. The van der Waals surface area contributed by atoms with Crippen molar-refractivity contribution in [1.29, 1.82) is 0 Å². The van der Waals surface area contributed by atoms with E-state index in [9.17, 15) is 19.5 Å². The van der Waals surface area contributed by atoms with Crippen molar-refractivity contribution in [2.45, 2.75) is 77.3 Å². The number of pyridine rings is 1. The van der Waals surface area contributed by atoms with Crippen molar-refractivity contribution in [3.05, 3.63) is 92.6 Å². The lowest BCUT2D eigenvalue weighted by atomic mass is 9.97. The Kier molecular flexibility index (Phi) is 11.6. The first-order valence-electron chi connectivity index (χ1n) is 19.1. The summed E-state index contributed by atoms with van der Waals surface area (Å²) in [4.78, 5) is 47.3. The van der Waals surface area contributed by atoms with E-state index in [0.29, 0.717) is 93.0 Å². The Bertz CT molecular complexity index is 2380. The van der Waals surface area contributed by atoms with Gasteiger partial charge in [0.25, 0.3) is 5.56 Å². The molecule has 2 aliphatic heterocycles. The summed E-state index contributed by atoms with van der Waals surface area (Å²) >= 11 is 14.3. The molecule has 300 valence electrons.